The summed E-state index contributed by atoms with van der Waals surface area (Å²) >= 11 is 12.0. The van der Waals surface area contributed by atoms with Crippen LogP contribution in [0.5, 0.6) is 5.75 Å². The molecule has 0 spiro atoms. The first-order valence-electron chi connectivity index (χ1n) is 8.69. The number of ether oxygens (including phenoxy) is 3. The first kappa shape index (κ1) is 21.2. The van der Waals surface area contributed by atoms with E-state index in [0.717, 1.165) is 12.0 Å². The Kier molecular flexibility index (Phi) is 8.07. The van der Waals surface area contributed by atoms with E-state index >= 15 is 0 Å². The van der Waals surface area contributed by atoms with Gasteiger partial charge in [-0.2, -0.15) is 0 Å². The van der Waals surface area contributed by atoms with Crippen LogP contribution in [0.4, 0.5) is 0 Å². The number of amides is 1. The van der Waals surface area contributed by atoms with Crippen molar-refractivity contribution >= 4 is 29.1 Å². The molecule has 1 aliphatic heterocycles. The molecule has 1 aromatic rings. The van der Waals surface area contributed by atoms with Crippen LogP contribution in [0.3, 0.4) is 0 Å². The Morgan fingerprint density at radius 3 is 2.74 bits per heavy atom. The Morgan fingerprint density at radius 2 is 2.15 bits per heavy atom. The molecule has 1 fully saturated rings. The number of hydrogen-bond acceptors (Lipinski definition) is 4. The van der Waals surface area contributed by atoms with Gasteiger partial charge in [-0.25, -0.2) is 0 Å². The van der Waals surface area contributed by atoms with E-state index in [1.54, 1.807) is 18.2 Å². The monoisotopic (exact) mass is 411 g/mol. The van der Waals surface area contributed by atoms with Crippen LogP contribution in [-0.4, -0.2) is 25.3 Å². The Hall–Kier alpha value is -2.11. The van der Waals surface area contributed by atoms with Gasteiger partial charge >= 0.3 is 0 Å². The summed E-state index contributed by atoms with van der Waals surface area (Å²) in [7, 11) is 0. The fourth-order valence-electron chi connectivity index (χ4n) is 2.40. The average molecular weight is 412 g/mol. The molecule has 0 radical (unpaired) electrons. The van der Waals surface area contributed by atoms with Crippen molar-refractivity contribution in [3.05, 3.63) is 64.1 Å². The van der Waals surface area contributed by atoms with Gasteiger partial charge in [0, 0.05) is 11.6 Å². The summed E-state index contributed by atoms with van der Waals surface area (Å²) in [6.07, 6.45) is 4.46. The number of benzene rings is 1. The predicted octanol–water partition coefficient (Wildman–Crippen LogP) is 5.01. The maximum Gasteiger partial charge on any atom is 0.261 e. The van der Waals surface area contributed by atoms with Crippen LogP contribution < -0.4 is 10.1 Å². The number of rotatable bonds is 8. The van der Waals surface area contributed by atoms with Crippen LogP contribution in [0.1, 0.15) is 26.7 Å². The molecule has 1 N–H and O–H groups in total. The van der Waals surface area contributed by atoms with Crippen LogP contribution in [0.15, 0.2) is 54.0 Å². The Bertz CT molecular complexity index is 758. The van der Waals surface area contributed by atoms with Gasteiger partial charge in [0.1, 0.15) is 5.75 Å². The topological polar surface area (TPSA) is 56.8 Å². The highest BCUT2D eigenvalue weighted by molar-refractivity contribution is 6.35. The van der Waals surface area contributed by atoms with Gasteiger partial charge < -0.3 is 19.5 Å². The van der Waals surface area contributed by atoms with Crippen molar-refractivity contribution in [1.29, 1.82) is 0 Å². The molecule has 1 saturated heterocycles. The minimum atomic E-state index is -0.666. The number of carbonyl (C=O) groups excluding carboxylic acids is 1. The number of nitrogens with one attached hydrogen (secondary N) is 1. The molecule has 5 nitrogen and oxygen atoms in total. The fraction of sp³-hybridized carbons (Fsp3) is 0.350. The molecule has 146 valence electrons. The van der Waals surface area contributed by atoms with Crippen LogP contribution in [-0.2, 0) is 14.3 Å². The summed E-state index contributed by atoms with van der Waals surface area (Å²) in [6, 6.07) is 4.89. The molecule has 1 atom stereocenters. The highest BCUT2D eigenvalue weighted by Gasteiger charge is 2.20. The standard InChI is InChI=1S/C20H23Cl2NO4/c1-4-6-14(9-19-13(3)25-12-26-19)11-23-20(24)17(5-2)27-18-8-7-15(21)10-16(18)22/h6-10,17H,3-5,11-12H2,1-2H3,(H,23,24). The summed E-state index contributed by atoms with van der Waals surface area (Å²) in [5, 5.41) is 3.76. The molecular formula is C20H23Cl2NO4. The fourth-order valence-corrected chi connectivity index (χ4v) is 2.85. The minimum absolute atomic E-state index is 0.157. The van der Waals surface area contributed by atoms with E-state index in [2.05, 4.69) is 11.9 Å². The quantitative estimate of drug-likeness (QED) is 0.653. The summed E-state index contributed by atoms with van der Waals surface area (Å²) in [5.41, 5.74) is 0.895. The van der Waals surface area contributed by atoms with E-state index in [0.29, 0.717) is 40.3 Å². The molecule has 0 aromatic heterocycles. The zero-order valence-corrected chi connectivity index (χ0v) is 16.9. The van der Waals surface area contributed by atoms with Crippen molar-refractivity contribution in [3.8, 4) is 5.75 Å². The lowest BCUT2D eigenvalue weighted by molar-refractivity contribution is -0.127. The number of hydrogen-bond donors (Lipinski definition) is 1. The van der Waals surface area contributed by atoms with E-state index in [4.69, 9.17) is 37.4 Å². The Morgan fingerprint density at radius 1 is 1.37 bits per heavy atom. The first-order valence-corrected chi connectivity index (χ1v) is 9.45. The van der Waals surface area contributed by atoms with Crippen molar-refractivity contribution in [1.82, 2.24) is 5.32 Å². The largest absolute Gasteiger partial charge is 0.479 e. The van der Waals surface area contributed by atoms with Crippen molar-refractivity contribution in [2.45, 2.75) is 32.8 Å². The summed E-state index contributed by atoms with van der Waals surface area (Å²) in [4.78, 5) is 12.5. The normalized spacial score (nSPS) is 16.7. The highest BCUT2D eigenvalue weighted by atomic mass is 35.5. The van der Waals surface area contributed by atoms with Crippen molar-refractivity contribution in [3.63, 3.8) is 0 Å². The van der Waals surface area contributed by atoms with Gasteiger partial charge in [-0.3, -0.25) is 4.79 Å². The van der Waals surface area contributed by atoms with Crippen LogP contribution >= 0.6 is 23.2 Å². The number of halogens is 2. The molecule has 2 rings (SSSR count). The number of carbonyl (C=O) groups is 1. The molecule has 27 heavy (non-hydrogen) atoms. The van der Waals surface area contributed by atoms with Crippen molar-refractivity contribution < 1.29 is 19.0 Å². The van der Waals surface area contributed by atoms with Gasteiger partial charge in [0.2, 0.25) is 6.79 Å². The molecule has 7 heteroatoms. The summed E-state index contributed by atoms with van der Waals surface area (Å²) in [6.45, 7) is 8.15. The zero-order chi connectivity index (χ0) is 19.8. The molecule has 1 aromatic carbocycles. The zero-order valence-electron chi connectivity index (χ0n) is 15.4. The molecule has 1 amide bonds. The molecule has 1 heterocycles. The molecule has 0 aliphatic carbocycles. The van der Waals surface area contributed by atoms with Crippen molar-refractivity contribution in [2.24, 2.45) is 0 Å². The minimum Gasteiger partial charge on any atom is -0.479 e. The van der Waals surface area contributed by atoms with Gasteiger partial charge in [0.25, 0.3) is 5.91 Å². The Balaban J connectivity index is 2.00. The lowest BCUT2D eigenvalue weighted by Gasteiger charge is -2.18. The van der Waals surface area contributed by atoms with E-state index < -0.39 is 6.10 Å². The molecule has 1 unspecified atom stereocenters. The van der Waals surface area contributed by atoms with E-state index in [1.807, 2.05) is 26.0 Å². The molecule has 0 bridgehead atoms. The summed E-state index contributed by atoms with van der Waals surface area (Å²) < 4.78 is 16.3. The number of allylic oxidation sites excluding steroid dienone is 1. The second-order valence-electron chi connectivity index (χ2n) is 5.83. The van der Waals surface area contributed by atoms with Crippen LogP contribution in [0.2, 0.25) is 10.0 Å². The van der Waals surface area contributed by atoms with Crippen LogP contribution in [0, 0.1) is 0 Å². The van der Waals surface area contributed by atoms with Crippen LogP contribution in [0.25, 0.3) is 0 Å². The summed E-state index contributed by atoms with van der Waals surface area (Å²) in [5.74, 6) is 1.24. The van der Waals surface area contributed by atoms with Gasteiger partial charge in [0.05, 0.1) is 5.02 Å². The second kappa shape index (κ2) is 10.3. The molecule has 0 saturated carbocycles. The third kappa shape index (κ3) is 6.22. The van der Waals surface area contributed by atoms with Gasteiger partial charge in [-0.15, -0.1) is 0 Å². The Labute approximate surface area is 169 Å². The van der Waals surface area contributed by atoms with E-state index in [1.165, 1.54) is 0 Å². The average Bonchev–Trinajstić information content (AvgIpc) is 3.03. The lowest BCUT2D eigenvalue weighted by Crippen LogP contribution is -2.38. The van der Waals surface area contributed by atoms with Gasteiger partial charge in [-0.05, 0) is 42.7 Å². The maximum atomic E-state index is 12.5. The lowest BCUT2D eigenvalue weighted by atomic mass is 10.1. The van der Waals surface area contributed by atoms with E-state index in [9.17, 15) is 4.79 Å². The smallest absolute Gasteiger partial charge is 0.261 e. The second-order valence-corrected chi connectivity index (χ2v) is 6.68. The van der Waals surface area contributed by atoms with Crippen molar-refractivity contribution in [2.75, 3.05) is 13.3 Å². The molecular weight excluding hydrogens is 389 g/mol. The maximum absolute atomic E-state index is 12.5. The highest BCUT2D eigenvalue weighted by Crippen LogP contribution is 2.28. The van der Waals surface area contributed by atoms with Gasteiger partial charge in [0.15, 0.2) is 17.6 Å². The SMILES string of the molecule is C=C1OCOC1=CC(=CCC)CNC(=O)C(CC)Oc1ccc(Cl)cc1Cl. The first-order chi connectivity index (χ1) is 12.9. The third-order valence-electron chi connectivity index (χ3n) is 3.80. The third-order valence-corrected chi connectivity index (χ3v) is 4.33. The van der Waals surface area contributed by atoms with E-state index in [-0.39, 0.29) is 12.7 Å². The van der Waals surface area contributed by atoms with Gasteiger partial charge in [-0.1, -0.05) is 49.7 Å². The molecule has 1 aliphatic rings. The predicted molar refractivity (Wildman–Crippen MR) is 107 cm³/mol.